The summed E-state index contributed by atoms with van der Waals surface area (Å²) in [6.07, 6.45) is 0.109. The average molecular weight is 437 g/mol. The lowest BCUT2D eigenvalue weighted by atomic mass is 10.1. The number of imide groups is 2. The molecule has 32 heavy (non-hydrogen) atoms. The Kier molecular flexibility index (Phi) is 6.58. The topological polar surface area (TPSA) is 125 Å². The highest BCUT2D eigenvalue weighted by Gasteiger charge is 2.36. The number of carboxylic acid groups (broad SMARTS) is 1. The minimum Gasteiger partial charge on any atom is -0.546 e. The zero-order valence-corrected chi connectivity index (χ0v) is 17.7. The fourth-order valence-corrected chi connectivity index (χ4v) is 2.97. The maximum Gasteiger partial charge on any atom is 0.335 e. The van der Waals surface area contributed by atoms with Gasteiger partial charge in [-0.25, -0.2) is 9.69 Å². The lowest BCUT2D eigenvalue weighted by Gasteiger charge is -2.26. The van der Waals surface area contributed by atoms with E-state index in [1.54, 1.807) is 31.2 Å². The standard InChI is InChI=1S/C23H22N2O7/c1-4-31-19-12-15(7-10-18(19)32-14(3)22(28)29)11-17-20(26)24-23(30)25(21(17)27)16-8-5-13(2)6-9-16/h5-12,14H,4H2,1-3H3,(H,28,29)(H,24,26,30)/p-1/b17-11+/t14-/m0/s1. The SMILES string of the molecule is CCOc1cc(/C=C2\C(=O)NC(=O)N(c3ccc(C)cc3)C2=O)ccc1O[C@@H](C)C(=O)[O-]. The molecule has 9 nitrogen and oxygen atoms in total. The largest absolute Gasteiger partial charge is 0.546 e. The zero-order valence-electron chi connectivity index (χ0n) is 17.7. The first kappa shape index (κ1) is 22.5. The number of urea groups is 1. The molecule has 0 saturated carbocycles. The summed E-state index contributed by atoms with van der Waals surface area (Å²) in [5.74, 6) is -2.59. The fourth-order valence-electron chi connectivity index (χ4n) is 2.97. The van der Waals surface area contributed by atoms with Gasteiger partial charge in [0.05, 0.1) is 18.3 Å². The molecule has 0 aromatic heterocycles. The van der Waals surface area contributed by atoms with E-state index >= 15 is 0 Å². The molecule has 1 heterocycles. The van der Waals surface area contributed by atoms with Crippen molar-refractivity contribution >= 4 is 35.6 Å². The Bertz CT molecular complexity index is 1110. The number of ether oxygens (including phenoxy) is 2. The zero-order chi connectivity index (χ0) is 23.4. The number of rotatable bonds is 7. The number of hydrogen-bond acceptors (Lipinski definition) is 7. The second kappa shape index (κ2) is 9.34. The number of carbonyl (C=O) groups is 4. The van der Waals surface area contributed by atoms with Crippen molar-refractivity contribution in [2.75, 3.05) is 11.5 Å². The van der Waals surface area contributed by atoms with Crippen molar-refractivity contribution in [3.05, 3.63) is 59.2 Å². The van der Waals surface area contributed by atoms with Crippen LogP contribution in [0.5, 0.6) is 11.5 Å². The van der Waals surface area contributed by atoms with E-state index in [0.717, 1.165) is 10.5 Å². The minimum atomic E-state index is -1.39. The predicted octanol–water partition coefficient (Wildman–Crippen LogP) is 1.58. The summed E-state index contributed by atoms with van der Waals surface area (Å²) >= 11 is 0. The van der Waals surface area contributed by atoms with Crippen LogP contribution in [0, 0.1) is 6.92 Å². The minimum absolute atomic E-state index is 0.168. The van der Waals surface area contributed by atoms with Crippen LogP contribution in [0.2, 0.25) is 0 Å². The van der Waals surface area contributed by atoms with E-state index in [1.165, 1.54) is 31.2 Å². The maximum absolute atomic E-state index is 13.0. The van der Waals surface area contributed by atoms with Crippen molar-refractivity contribution in [2.45, 2.75) is 26.9 Å². The summed E-state index contributed by atoms with van der Waals surface area (Å²) in [4.78, 5) is 49.5. The quantitative estimate of drug-likeness (QED) is 0.515. The second-order valence-electron chi connectivity index (χ2n) is 7.01. The summed E-state index contributed by atoms with van der Waals surface area (Å²) in [5, 5.41) is 13.1. The van der Waals surface area contributed by atoms with Gasteiger partial charge in [0.25, 0.3) is 11.8 Å². The Labute approximate surface area is 184 Å². The van der Waals surface area contributed by atoms with Crippen LogP contribution in [0.15, 0.2) is 48.0 Å². The van der Waals surface area contributed by atoms with E-state index < -0.39 is 29.9 Å². The van der Waals surface area contributed by atoms with E-state index in [1.807, 2.05) is 6.92 Å². The van der Waals surface area contributed by atoms with Crippen molar-refractivity contribution < 1.29 is 33.8 Å². The highest BCUT2D eigenvalue weighted by Crippen LogP contribution is 2.31. The molecule has 0 spiro atoms. The van der Waals surface area contributed by atoms with Crippen molar-refractivity contribution in [3.63, 3.8) is 0 Å². The first-order valence-corrected chi connectivity index (χ1v) is 9.83. The molecular weight excluding hydrogens is 416 g/mol. The smallest absolute Gasteiger partial charge is 0.335 e. The van der Waals surface area contributed by atoms with Crippen LogP contribution < -0.4 is 24.8 Å². The summed E-state index contributed by atoms with van der Waals surface area (Å²) in [7, 11) is 0. The summed E-state index contributed by atoms with van der Waals surface area (Å²) in [6, 6.07) is 10.4. The normalized spacial score (nSPS) is 16.0. The van der Waals surface area contributed by atoms with Crippen LogP contribution in [-0.2, 0) is 14.4 Å². The number of nitrogens with one attached hydrogen (secondary N) is 1. The van der Waals surface area contributed by atoms with Crippen LogP contribution in [0.3, 0.4) is 0 Å². The summed E-state index contributed by atoms with van der Waals surface area (Å²) in [6.45, 7) is 5.20. The number of barbiturate groups is 1. The first-order chi connectivity index (χ1) is 15.2. The van der Waals surface area contributed by atoms with Crippen LogP contribution in [-0.4, -0.2) is 36.5 Å². The molecule has 1 N–H and O–H groups in total. The highest BCUT2D eigenvalue weighted by molar-refractivity contribution is 6.39. The first-order valence-electron chi connectivity index (χ1n) is 9.83. The average Bonchev–Trinajstić information content (AvgIpc) is 2.74. The lowest BCUT2D eigenvalue weighted by molar-refractivity contribution is -0.312. The summed E-state index contributed by atoms with van der Waals surface area (Å²) < 4.78 is 10.8. The van der Waals surface area contributed by atoms with Crippen LogP contribution in [0.25, 0.3) is 6.08 Å². The second-order valence-corrected chi connectivity index (χ2v) is 7.01. The number of aliphatic carboxylic acids is 1. The Morgan fingerprint density at radius 2 is 1.81 bits per heavy atom. The van der Waals surface area contributed by atoms with Crippen molar-refractivity contribution in [2.24, 2.45) is 0 Å². The number of anilines is 1. The highest BCUT2D eigenvalue weighted by atomic mass is 16.5. The lowest BCUT2D eigenvalue weighted by Crippen LogP contribution is -2.54. The molecule has 0 radical (unpaired) electrons. The van der Waals surface area contributed by atoms with E-state index in [9.17, 15) is 24.3 Å². The van der Waals surface area contributed by atoms with Gasteiger partial charge in [0.15, 0.2) is 11.5 Å². The van der Waals surface area contributed by atoms with Gasteiger partial charge in [-0.15, -0.1) is 0 Å². The number of hydrogen-bond donors (Lipinski definition) is 1. The Morgan fingerprint density at radius 3 is 2.44 bits per heavy atom. The van der Waals surface area contributed by atoms with Crippen molar-refractivity contribution in [1.29, 1.82) is 0 Å². The molecule has 1 saturated heterocycles. The molecule has 3 rings (SSSR count). The number of carboxylic acids is 1. The van der Waals surface area contributed by atoms with E-state index in [0.29, 0.717) is 11.3 Å². The van der Waals surface area contributed by atoms with Gasteiger partial charge in [0, 0.05) is 0 Å². The molecule has 166 valence electrons. The van der Waals surface area contributed by atoms with Gasteiger partial charge in [0.2, 0.25) is 0 Å². The third-order valence-corrected chi connectivity index (χ3v) is 4.61. The van der Waals surface area contributed by atoms with Gasteiger partial charge in [-0.2, -0.15) is 0 Å². The molecule has 0 aliphatic carbocycles. The predicted molar refractivity (Wildman–Crippen MR) is 113 cm³/mol. The van der Waals surface area contributed by atoms with Gasteiger partial charge in [-0.3, -0.25) is 14.9 Å². The molecular formula is C23H21N2O7-. The van der Waals surface area contributed by atoms with Gasteiger partial charge in [-0.05, 0) is 56.7 Å². The molecule has 1 aliphatic rings. The molecule has 1 aliphatic heterocycles. The van der Waals surface area contributed by atoms with E-state index in [4.69, 9.17) is 9.47 Å². The number of amides is 4. The summed E-state index contributed by atoms with van der Waals surface area (Å²) in [5.41, 5.74) is 1.44. The van der Waals surface area contributed by atoms with Gasteiger partial charge in [0.1, 0.15) is 11.7 Å². The fraction of sp³-hybridized carbons (Fsp3) is 0.217. The molecule has 2 aromatic carbocycles. The third-order valence-electron chi connectivity index (χ3n) is 4.61. The van der Waals surface area contributed by atoms with Crippen LogP contribution >= 0.6 is 0 Å². The van der Waals surface area contributed by atoms with Crippen LogP contribution in [0.4, 0.5) is 10.5 Å². The number of carbonyl (C=O) groups excluding carboxylic acids is 4. The molecule has 0 unspecified atom stereocenters. The monoisotopic (exact) mass is 437 g/mol. The molecule has 4 amide bonds. The number of nitrogens with zero attached hydrogens (tertiary/aromatic N) is 1. The third kappa shape index (κ3) is 4.77. The Morgan fingerprint density at radius 1 is 1.12 bits per heavy atom. The molecule has 0 bridgehead atoms. The van der Waals surface area contributed by atoms with Crippen molar-refractivity contribution in [3.8, 4) is 11.5 Å². The van der Waals surface area contributed by atoms with Crippen LogP contribution in [0.1, 0.15) is 25.0 Å². The van der Waals surface area contributed by atoms with E-state index in [-0.39, 0.29) is 23.7 Å². The number of benzene rings is 2. The number of aryl methyl sites for hydroxylation is 1. The maximum atomic E-state index is 13.0. The Balaban J connectivity index is 1.96. The molecule has 2 aromatic rings. The Hall–Kier alpha value is -4.14. The molecule has 9 heteroatoms. The molecule has 1 fully saturated rings. The molecule has 1 atom stereocenters. The van der Waals surface area contributed by atoms with Crippen molar-refractivity contribution in [1.82, 2.24) is 5.32 Å². The van der Waals surface area contributed by atoms with Gasteiger partial charge < -0.3 is 19.4 Å². The van der Waals surface area contributed by atoms with E-state index in [2.05, 4.69) is 5.32 Å². The van der Waals surface area contributed by atoms with Gasteiger partial charge >= 0.3 is 6.03 Å². The van der Waals surface area contributed by atoms with Gasteiger partial charge in [-0.1, -0.05) is 23.8 Å².